The number of carboxylic acids is 1. The Kier molecular flexibility index (Phi) is 5.77. The van der Waals surface area contributed by atoms with Gasteiger partial charge in [-0.15, -0.1) is 6.58 Å². The number of rotatable bonds is 6. The van der Waals surface area contributed by atoms with Crippen molar-refractivity contribution in [3.8, 4) is 0 Å². The quantitative estimate of drug-likeness (QED) is 0.447. The Labute approximate surface area is 60.3 Å². The lowest BCUT2D eigenvalue weighted by atomic mass is 10.3. The van der Waals surface area contributed by atoms with E-state index in [-0.39, 0.29) is 6.42 Å². The van der Waals surface area contributed by atoms with Crippen molar-refractivity contribution in [3.63, 3.8) is 0 Å². The Hall–Kier alpha value is -0.830. The van der Waals surface area contributed by atoms with Crippen LogP contribution in [0.3, 0.4) is 0 Å². The van der Waals surface area contributed by atoms with E-state index in [1.807, 2.05) is 0 Å². The van der Waals surface area contributed by atoms with Gasteiger partial charge < -0.3 is 9.84 Å². The van der Waals surface area contributed by atoms with Crippen LogP contribution in [0.25, 0.3) is 0 Å². The number of aliphatic carboxylic acids is 1. The molecule has 0 bridgehead atoms. The monoisotopic (exact) mass is 144 g/mol. The molecular weight excluding hydrogens is 132 g/mol. The van der Waals surface area contributed by atoms with Crippen molar-refractivity contribution < 1.29 is 14.6 Å². The van der Waals surface area contributed by atoms with Gasteiger partial charge in [-0.3, -0.25) is 4.79 Å². The minimum atomic E-state index is -0.776. The van der Waals surface area contributed by atoms with Crippen LogP contribution in [0.4, 0.5) is 0 Å². The van der Waals surface area contributed by atoms with E-state index in [4.69, 9.17) is 9.84 Å². The van der Waals surface area contributed by atoms with Crippen LogP contribution in [0.5, 0.6) is 0 Å². The highest BCUT2D eigenvalue weighted by atomic mass is 16.5. The molecule has 0 heterocycles. The van der Waals surface area contributed by atoms with Crippen molar-refractivity contribution in [1.82, 2.24) is 0 Å². The highest BCUT2D eigenvalue weighted by Gasteiger charge is 1.94. The van der Waals surface area contributed by atoms with Crippen molar-refractivity contribution >= 4 is 5.97 Å². The van der Waals surface area contributed by atoms with Crippen molar-refractivity contribution in [3.05, 3.63) is 12.7 Å². The van der Waals surface area contributed by atoms with Gasteiger partial charge in [0.1, 0.15) is 0 Å². The average Bonchev–Trinajstić information content (AvgIpc) is 1.87. The predicted molar refractivity (Wildman–Crippen MR) is 37.9 cm³/mol. The van der Waals surface area contributed by atoms with Crippen LogP contribution >= 0.6 is 0 Å². The second-order valence-corrected chi connectivity index (χ2v) is 1.86. The van der Waals surface area contributed by atoms with E-state index in [1.54, 1.807) is 6.08 Å². The maximum absolute atomic E-state index is 9.96. The highest BCUT2D eigenvalue weighted by molar-refractivity contribution is 5.66. The van der Waals surface area contributed by atoms with Crippen molar-refractivity contribution in [2.75, 3.05) is 13.2 Å². The zero-order valence-corrected chi connectivity index (χ0v) is 5.88. The fourth-order valence-corrected chi connectivity index (χ4v) is 0.492. The van der Waals surface area contributed by atoms with Gasteiger partial charge in [-0.05, 0) is 6.42 Å². The summed E-state index contributed by atoms with van der Waals surface area (Å²) in [6.07, 6.45) is 2.39. The van der Waals surface area contributed by atoms with Gasteiger partial charge in [0, 0.05) is 13.0 Å². The molecule has 0 radical (unpaired) electrons. The molecule has 1 N–H and O–H groups in total. The third-order valence-corrected chi connectivity index (χ3v) is 0.915. The molecular formula is C7H12O3. The van der Waals surface area contributed by atoms with Crippen molar-refractivity contribution in [2.24, 2.45) is 0 Å². The van der Waals surface area contributed by atoms with E-state index in [0.717, 1.165) is 0 Å². The molecule has 0 spiro atoms. The first-order valence-electron chi connectivity index (χ1n) is 3.18. The molecule has 3 nitrogen and oxygen atoms in total. The molecule has 0 aromatic carbocycles. The van der Waals surface area contributed by atoms with Crippen molar-refractivity contribution in [1.29, 1.82) is 0 Å². The largest absolute Gasteiger partial charge is 0.481 e. The lowest BCUT2D eigenvalue weighted by Gasteiger charge is -1.96. The van der Waals surface area contributed by atoms with E-state index in [0.29, 0.717) is 19.6 Å². The van der Waals surface area contributed by atoms with Gasteiger partial charge in [-0.25, -0.2) is 0 Å². The van der Waals surface area contributed by atoms with Gasteiger partial charge in [0.25, 0.3) is 0 Å². The molecule has 3 heteroatoms. The minimum absolute atomic E-state index is 0.178. The molecule has 0 saturated heterocycles. The van der Waals surface area contributed by atoms with Crippen LogP contribution in [0, 0.1) is 0 Å². The third kappa shape index (κ3) is 7.17. The van der Waals surface area contributed by atoms with Crippen LogP contribution < -0.4 is 0 Å². The topological polar surface area (TPSA) is 46.5 Å². The second-order valence-electron chi connectivity index (χ2n) is 1.86. The molecule has 0 unspecified atom stereocenters. The molecule has 0 atom stereocenters. The zero-order chi connectivity index (χ0) is 7.82. The van der Waals surface area contributed by atoms with E-state index >= 15 is 0 Å². The molecule has 0 fully saturated rings. The molecule has 0 aliphatic rings. The Morgan fingerprint density at radius 2 is 2.40 bits per heavy atom. The normalized spacial score (nSPS) is 9.20. The molecule has 0 aromatic heterocycles. The van der Waals surface area contributed by atoms with Gasteiger partial charge in [-0.2, -0.15) is 0 Å². The molecule has 0 aliphatic heterocycles. The molecule has 0 rings (SSSR count). The Balaban J connectivity index is 2.90. The standard InChI is InChI=1S/C7H12O3/c1-2-5-10-6-3-4-7(8)9/h2H,1,3-6H2,(H,8,9). The number of hydrogen-bond acceptors (Lipinski definition) is 2. The summed E-state index contributed by atoms with van der Waals surface area (Å²) in [4.78, 5) is 9.96. The fourth-order valence-electron chi connectivity index (χ4n) is 0.492. The number of carboxylic acid groups (broad SMARTS) is 1. The van der Waals surface area contributed by atoms with Gasteiger partial charge >= 0.3 is 5.97 Å². The van der Waals surface area contributed by atoms with Gasteiger partial charge in [0.2, 0.25) is 0 Å². The van der Waals surface area contributed by atoms with Gasteiger partial charge in [0.15, 0.2) is 0 Å². The second kappa shape index (κ2) is 6.29. The third-order valence-electron chi connectivity index (χ3n) is 0.915. The smallest absolute Gasteiger partial charge is 0.303 e. The molecule has 0 aromatic rings. The molecule has 0 saturated carbocycles. The first-order chi connectivity index (χ1) is 4.77. The maximum atomic E-state index is 9.96. The number of carbonyl (C=O) groups is 1. The van der Waals surface area contributed by atoms with E-state index in [9.17, 15) is 4.79 Å². The summed E-state index contributed by atoms with van der Waals surface area (Å²) in [5, 5.41) is 8.19. The summed E-state index contributed by atoms with van der Waals surface area (Å²) in [6.45, 7) is 4.45. The Bertz CT molecular complexity index is 109. The zero-order valence-electron chi connectivity index (χ0n) is 5.88. The first kappa shape index (κ1) is 9.17. The fraction of sp³-hybridized carbons (Fsp3) is 0.571. The van der Waals surface area contributed by atoms with Crippen LogP contribution in [0.15, 0.2) is 12.7 Å². The number of hydrogen-bond donors (Lipinski definition) is 1. The lowest BCUT2D eigenvalue weighted by Crippen LogP contribution is -1.99. The van der Waals surface area contributed by atoms with Crippen LogP contribution in [-0.2, 0) is 9.53 Å². The summed E-state index contributed by atoms with van der Waals surface area (Å²) in [6, 6.07) is 0. The molecule has 0 aliphatic carbocycles. The Morgan fingerprint density at radius 1 is 1.70 bits per heavy atom. The summed E-state index contributed by atoms with van der Waals surface area (Å²) >= 11 is 0. The summed E-state index contributed by atoms with van der Waals surface area (Å²) < 4.78 is 4.95. The van der Waals surface area contributed by atoms with E-state index < -0.39 is 5.97 Å². The predicted octanol–water partition coefficient (Wildman–Crippen LogP) is 1.05. The van der Waals surface area contributed by atoms with Crippen molar-refractivity contribution in [2.45, 2.75) is 12.8 Å². The van der Waals surface area contributed by atoms with Gasteiger partial charge in [0.05, 0.1) is 6.61 Å². The van der Waals surface area contributed by atoms with Crippen LogP contribution in [0.2, 0.25) is 0 Å². The molecule has 10 heavy (non-hydrogen) atoms. The molecule has 0 amide bonds. The van der Waals surface area contributed by atoms with Crippen LogP contribution in [0.1, 0.15) is 12.8 Å². The van der Waals surface area contributed by atoms with E-state index in [1.165, 1.54) is 0 Å². The maximum Gasteiger partial charge on any atom is 0.303 e. The average molecular weight is 144 g/mol. The minimum Gasteiger partial charge on any atom is -0.481 e. The Morgan fingerprint density at radius 3 is 2.90 bits per heavy atom. The summed E-state index contributed by atoms with van der Waals surface area (Å²) in [5.41, 5.74) is 0. The first-order valence-corrected chi connectivity index (χ1v) is 3.18. The summed E-state index contributed by atoms with van der Waals surface area (Å²) in [5.74, 6) is -0.776. The summed E-state index contributed by atoms with van der Waals surface area (Å²) in [7, 11) is 0. The highest BCUT2D eigenvalue weighted by Crippen LogP contribution is 1.89. The molecule has 58 valence electrons. The van der Waals surface area contributed by atoms with Crippen LogP contribution in [-0.4, -0.2) is 24.3 Å². The SMILES string of the molecule is C=CCOCCCC(=O)O. The number of ether oxygens (including phenoxy) is 1. The van der Waals surface area contributed by atoms with E-state index in [2.05, 4.69) is 6.58 Å². The van der Waals surface area contributed by atoms with Gasteiger partial charge in [-0.1, -0.05) is 6.08 Å². The lowest BCUT2D eigenvalue weighted by molar-refractivity contribution is -0.137.